The van der Waals surface area contributed by atoms with Crippen LogP contribution in [0, 0.1) is 0 Å². The molecule has 1 aromatic carbocycles. The molecule has 5 heteroatoms. The van der Waals surface area contributed by atoms with Crippen molar-refractivity contribution in [1.82, 2.24) is 5.32 Å². The fourth-order valence-electron chi connectivity index (χ4n) is 2.12. The van der Waals surface area contributed by atoms with Gasteiger partial charge < -0.3 is 14.8 Å². The van der Waals surface area contributed by atoms with Crippen molar-refractivity contribution in [2.75, 3.05) is 6.61 Å². The second-order valence-electron chi connectivity index (χ2n) is 6.38. The summed E-state index contributed by atoms with van der Waals surface area (Å²) in [5, 5.41) is 2.85. The van der Waals surface area contributed by atoms with Crippen molar-refractivity contribution < 1.29 is 19.1 Å². The Bertz CT molecular complexity index is 493. The molecule has 0 saturated carbocycles. The molecule has 128 valence electrons. The van der Waals surface area contributed by atoms with Gasteiger partial charge in [0.1, 0.15) is 5.60 Å². The molecule has 1 amide bonds. The molecule has 0 saturated heterocycles. The van der Waals surface area contributed by atoms with Gasteiger partial charge in [-0.2, -0.15) is 0 Å². The number of benzene rings is 1. The van der Waals surface area contributed by atoms with Crippen LogP contribution in [0.15, 0.2) is 30.3 Å². The lowest BCUT2D eigenvalue weighted by molar-refractivity contribution is -0.143. The quantitative estimate of drug-likeness (QED) is 0.781. The normalized spacial score (nSPS) is 12.3. The van der Waals surface area contributed by atoms with Crippen LogP contribution in [-0.4, -0.2) is 30.3 Å². The number of carbonyl (C=O) groups is 2. The van der Waals surface area contributed by atoms with Gasteiger partial charge >= 0.3 is 12.1 Å². The third-order valence-corrected chi connectivity index (χ3v) is 3.05. The van der Waals surface area contributed by atoms with Crippen LogP contribution in [0.25, 0.3) is 0 Å². The highest BCUT2D eigenvalue weighted by atomic mass is 16.6. The summed E-state index contributed by atoms with van der Waals surface area (Å²) in [6.07, 6.45) is 0.940. The van der Waals surface area contributed by atoms with E-state index in [1.165, 1.54) is 0 Å². The number of alkyl carbamates (subject to hydrolysis) is 1. The molecule has 5 nitrogen and oxygen atoms in total. The maximum Gasteiger partial charge on any atom is 0.407 e. The van der Waals surface area contributed by atoms with Crippen LogP contribution in [-0.2, 0) is 20.7 Å². The molecule has 1 aromatic rings. The van der Waals surface area contributed by atoms with Gasteiger partial charge in [0.05, 0.1) is 6.61 Å². The number of ether oxygens (including phenoxy) is 2. The average Bonchev–Trinajstić information content (AvgIpc) is 2.44. The summed E-state index contributed by atoms with van der Waals surface area (Å²) < 4.78 is 10.2. The van der Waals surface area contributed by atoms with E-state index < -0.39 is 11.7 Å². The van der Waals surface area contributed by atoms with E-state index in [-0.39, 0.29) is 18.4 Å². The maximum atomic E-state index is 12.0. The summed E-state index contributed by atoms with van der Waals surface area (Å²) in [4.78, 5) is 23.5. The molecule has 0 radical (unpaired) electrons. The zero-order valence-corrected chi connectivity index (χ0v) is 14.4. The van der Waals surface area contributed by atoms with Gasteiger partial charge in [0.2, 0.25) is 0 Å². The highest BCUT2D eigenvalue weighted by molar-refractivity contribution is 5.70. The number of nitrogens with one attached hydrogen (secondary N) is 1. The Morgan fingerprint density at radius 3 is 2.39 bits per heavy atom. The monoisotopic (exact) mass is 321 g/mol. The van der Waals surface area contributed by atoms with E-state index in [2.05, 4.69) is 5.32 Å². The minimum Gasteiger partial charge on any atom is -0.466 e. The van der Waals surface area contributed by atoms with Gasteiger partial charge in [-0.05, 0) is 46.1 Å². The van der Waals surface area contributed by atoms with Crippen molar-refractivity contribution in [3.05, 3.63) is 35.9 Å². The first kappa shape index (κ1) is 19.0. The van der Waals surface area contributed by atoms with E-state index in [4.69, 9.17) is 9.47 Å². The summed E-state index contributed by atoms with van der Waals surface area (Å²) in [5.74, 6) is -0.253. The highest BCUT2D eigenvalue weighted by Gasteiger charge is 2.20. The molecule has 0 aliphatic heterocycles. The Balaban J connectivity index is 2.64. The molecular formula is C18H27NO4. The number of hydrogen-bond acceptors (Lipinski definition) is 4. The molecule has 1 N–H and O–H groups in total. The van der Waals surface area contributed by atoms with E-state index in [9.17, 15) is 9.59 Å². The molecule has 0 aliphatic rings. The van der Waals surface area contributed by atoms with Crippen LogP contribution < -0.4 is 5.32 Å². The summed E-state index contributed by atoms with van der Waals surface area (Å²) in [6, 6.07) is 9.65. The summed E-state index contributed by atoms with van der Waals surface area (Å²) >= 11 is 0. The van der Waals surface area contributed by atoms with E-state index >= 15 is 0 Å². The Kier molecular flexibility index (Phi) is 7.59. The molecule has 1 atom stereocenters. The first-order chi connectivity index (χ1) is 10.8. The van der Waals surface area contributed by atoms with E-state index in [1.807, 2.05) is 51.1 Å². The molecule has 23 heavy (non-hydrogen) atoms. The van der Waals surface area contributed by atoms with Gasteiger partial charge in [-0.3, -0.25) is 4.79 Å². The largest absolute Gasteiger partial charge is 0.466 e. The fourth-order valence-corrected chi connectivity index (χ4v) is 2.12. The van der Waals surface area contributed by atoms with Crippen LogP contribution in [0.3, 0.4) is 0 Å². The van der Waals surface area contributed by atoms with E-state index in [0.29, 0.717) is 19.4 Å². The topological polar surface area (TPSA) is 64.6 Å². The Hall–Kier alpha value is -2.04. The highest BCUT2D eigenvalue weighted by Crippen LogP contribution is 2.11. The minimum absolute atomic E-state index is 0.184. The van der Waals surface area contributed by atoms with Crippen molar-refractivity contribution in [1.29, 1.82) is 0 Å². The molecule has 0 spiro atoms. The minimum atomic E-state index is -0.553. The van der Waals surface area contributed by atoms with Crippen LogP contribution in [0.4, 0.5) is 4.79 Å². The Labute approximate surface area is 138 Å². The third-order valence-electron chi connectivity index (χ3n) is 3.05. The SMILES string of the molecule is CCOC(=O)CC[C@H](Cc1ccccc1)NC(=O)OC(C)(C)C. The summed E-state index contributed by atoms with van der Waals surface area (Å²) in [6.45, 7) is 7.59. The molecular weight excluding hydrogens is 294 g/mol. The zero-order chi connectivity index (χ0) is 17.3. The molecule has 0 heterocycles. The first-order valence-corrected chi connectivity index (χ1v) is 7.99. The van der Waals surface area contributed by atoms with Crippen molar-refractivity contribution >= 4 is 12.1 Å². The lowest BCUT2D eigenvalue weighted by Crippen LogP contribution is -2.40. The van der Waals surface area contributed by atoms with Gasteiger partial charge in [0.15, 0.2) is 0 Å². The van der Waals surface area contributed by atoms with Gasteiger partial charge in [0, 0.05) is 12.5 Å². The molecule has 0 fully saturated rings. The number of esters is 1. The number of amides is 1. The molecule has 0 unspecified atom stereocenters. The Morgan fingerprint density at radius 2 is 1.83 bits per heavy atom. The lowest BCUT2D eigenvalue weighted by atomic mass is 10.0. The average molecular weight is 321 g/mol. The molecule has 0 aliphatic carbocycles. The fraction of sp³-hybridized carbons (Fsp3) is 0.556. The lowest BCUT2D eigenvalue weighted by Gasteiger charge is -2.23. The zero-order valence-electron chi connectivity index (χ0n) is 14.4. The Morgan fingerprint density at radius 1 is 1.17 bits per heavy atom. The smallest absolute Gasteiger partial charge is 0.407 e. The van der Waals surface area contributed by atoms with Gasteiger partial charge in [0.25, 0.3) is 0 Å². The van der Waals surface area contributed by atoms with Crippen LogP contribution >= 0.6 is 0 Å². The number of carbonyl (C=O) groups excluding carboxylic acids is 2. The van der Waals surface area contributed by atoms with Gasteiger partial charge in [-0.1, -0.05) is 30.3 Å². The maximum absolute atomic E-state index is 12.0. The second kappa shape index (κ2) is 9.18. The van der Waals surface area contributed by atoms with Gasteiger partial charge in [-0.15, -0.1) is 0 Å². The van der Waals surface area contributed by atoms with Gasteiger partial charge in [-0.25, -0.2) is 4.79 Å². The van der Waals surface area contributed by atoms with Crippen LogP contribution in [0.5, 0.6) is 0 Å². The second-order valence-corrected chi connectivity index (χ2v) is 6.38. The molecule has 0 aromatic heterocycles. The third kappa shape index (κ3) is 8.86. The van der Waals surface area contributed by atoms with Crippen molar-refractivity contribution in [2.24, 2.45) is 0 Å². The van der Waals surface area contributed by atoms with E-state index in [0.717, 1.165) is 5.56 Å². The van der Waals surface area contributed by atoms with E-state index in [1.54, 1.807) is 6.92 Å². The number of hydrogen-bond donors (Lipinski definition) is 1. The van der Waals surface area contributed by atoms with Crippen LogP contribution in [0.1, 0.15) is 46.1 Å². The van der Waals surface area contributed by atoms with Crippen molar-refractivity contribution in [3.63, 3.8) is 0 Å². The summed E-state index contributed by atoms with van der Waals surface area (Å²) in [5.41, 5.74) is 0.542. The number of rotatable bonds is 7. The van der Waals surface area contributed by atoms with Crippen LogP contribution in [0.2, 0.25) is 0 Å². The molecule has 0 bridgehead atoms. The van der Waals surface area contributed by atoms with Crippen molar-refractivity contribution in [3.8, 4) is 0 Å². The van der Waals surface area contributed by atoms with Crippen molar-refractivity contribution in [2.45, 2.75) is 58.6 Å². The first-order valence-electron chi connectivity index (χ1n) is 7.99. The predicted octanol–water partition coefficient (Wildman–Crippen LogP) is 3.47. The predicted molar refractivity (Wildman–Crippen MR) is 89.2 cm³/mol. The standard InChI is InChI=1S/C18H27NO4/c1-5-22-16(20)12-11-15(13-14-9-7-6-8-10-14)19-17(21)23-18(2,3)4/h6-10,15H,5,11-13H2,1-4H3,(H,19,21)/t15-/m1/s1. The molecule has 1 rings (SSSR count). The summed E-state index contributed by atoms with van der Waals surface area (Å²) in [7, 11) is 0.